The van der Waals surface area contributed by atoms with E-state index in [2.05, 4.69) is 9.88 Å². The molecule has 3 rings (SSSR count). The Hall–Kier alpha value is -2.47. The molecular weight excluding hydrogens is 292 g/mol. The summed E-state index contributed by atoms with van der Waals surface area (Å²) in [5.41, 5.74) is 10.3. The number of hydrogen-bond donors (Lipinski definition) is 1. The normalized spacial score (nSPS) is 14.8. The van der Waals surface area contributed by atoms with Crippen LogP contribution in [0.4, 0.5) is 5.69 Å². The lowest BCUT2D eigenvalue weighted by atomic mass is 9.99. The van der Waals surface area contributed by atoms with Gasteiger partial charge in [-0.05, 0) is 31.5 Å². The molecule has 2 aromatic heterocycles. The van der Waals surface area contributed by atoms with Crippen LogP contribution in [0.15, 0.2) is 24.5 Å². The van der Waals surface area contributed by atoms with E-state index in [1.54, 1.807) is 12.4 Å². The van der Waals surface area contributed by atoms with Crippen molar-refractivity contribution in [3.8, 4) is 11.3 Å². The summed E-state index contributed by atoms with van der Waals surface area (Å²) in [6, 6.07) is 3.80. The van der Waals surface area contributed by atoms with Gasteiger partial charge in [-0.15, -0.1) is 0 Å². The highest BCUT2D eigenvalue weighted by atomic mass is 16.5. The maximum Gasteiger partial charge on any atom is 0.251 e. The Kier molecular flexibility index (Phi) is 4.25. The van der Waals surface area contributed by atoms with Crippen LogP contribution in [0.1, 0.15) is 21.6 Å². The third-order valence-electron chi connectivity index (χ3n) is 4.17. The number of aryl methyl sites for hydroxylation is 1. The number of aromatic nitrogens is 2. The highest BCUT2D eigenvalue weighted by Crippen LogP contribution is 2.35. The number of pyridine rings is 2. The Balaban J connectivity index is 2.27. The fraction of sp³-hybridized carbons (Fsp3) is 0.353. The van der Waals surface area contributed by atoms with Gasteiger partial charge in [0.15, 0.2) is 0 Å². The molecule has 1 aliphatic heterocycles. The number of nitrogens with zero attached hydrogens (tertiary/aromatic N) is 3. The van der Waals surface area contributed by atoms with E-state index >= 15 is 0 Å². The first kappa shape index (κ1) is 15.4. The number of rotatable bonds is 3. The first-order valence-electron chi connectivity index (χ1n) is 7.63. The van der Waals surface area contributed by atoms with Crippen molar-refractivity contribution in [3.63, 3.8) is 0 Å². The Morgan fingerprint density at radius 3 is 2.65 bits per heavy atom. The maximum atomic E-state index is 12.1. The molecule has 120 valence electrons. The summed E-state index contributed by atoms with van der Waals surface area (Å²) in [6.45, 7) is 6.44. The van der Waals surface area contributed by atoms with Gasteiger partial charge in [0.1, 0.15) is 0 Å². The molecule has 0 spiro atoms. The monoisotopic (exact) mass is 312 g/mol. The van der Waals surface area contributed by atoms with Gasteiger partial charge in [-0.1, -0.05) is 0 Å². The molecule has 3 heterocycles. The van der Waals surface area contributed by atoms with Crippen molar-refractivity contribution in [2.24, 2.45) is 5.73 Å². The van der Waals surface area contributed by atoms with E-state index in [0.29, 0.717) is 31.9 Å². The summed E-state index contributed by atoms with van der Waals surface area (Å²) in [5.74, 6) is -0.431. The molecule has 1 saturated heterocycles. The van der Waals surface area contributed by atoms with Crippen molar-refractivity contribution < 1.29 is 9.53 Å². The number of hydrogen-bond acceptors (Lipinski definition) is 5. The van der Waals surface area contributed by atoms with Gasteiger partial charge < -0.3 is 15.4 Å². The van der Waals surface area contributed by atoms with Crippen LogP contribution in [0, 0.1) is 13.8 Å². The molecule has 23 heavy (non-hydrogen) atoms. The number of morpholine rings is 1. The minimum atomic E-state index is -0.431. The zero-order chi connectivity index (χ0) is 16.4. The summed E-state index contributed by atoms with van der Waals surface area (Å²) in [5, 5.41) is 0. The molecule has 0 saturated carbocycles. The summed E-state index contributed by atoms with van der Waals surface area (Å²) in [4.78, 5) is 23.2. The van der Waals surface area contributed by atoms with Crippen LogP contribution in [-0.4, -0.2) is 42.2 Å². The van der Waals surface area contributed by atoms with Gasteiger partial charge in [0.05, 0.1) is 30.2 Å². The summed E-state index contributed by atoms with van der Waals surface area (Å²) in [7, 11) is 0. The van der Waals surface area contributed by atoms with Gasteiger partial charge in [-0.25, -0.2) is 0 Å². The average Bonchev–Trinajstić information content (AvgIpc) is 2.58. The van der Waals surface area contributed by atoms with Crippen LogP contribution in [0.25, 0.3) is 11.3 Å². The molecule has 0 aromatic carbocycles. The number of primary amides is 1. The largest absolute Gasteiger partial charge is 0.378 e. The first-order valence-corrected chi connectivity index (χ1v) is 7.63. The molecule has 2 N–H and O–H groups in total. The number of carbonyl (C=O) groups is 1. The summed E-state index contributed by atoms with van der Waals surface area (Å²) >= 11 is 0. The maximum absolute atomic E-state index is 12.1. The topological polar surface area (TPSA) is 81.3 Å². The Bertz CT molecular complexity index is 725. The lowest BCUT2D eigenvalue weighted by Crippen LogP contribution is -2.38. The summed E-state index contributed by atoms with van der Waals surface area (Å²) in [6.07, 6.45) is 3.47. The second-order valence-corrected chi connectivity index (χ2v) is 5.60. The predicted molar refractivity (Wildman–Crippen MR) is 88.5 cm³/mol. The average molecular weight is 312 g/mol. The number of carbonyl (C=O) groups excluding carboxylic acids is 1. The van der Waals surface area contributed by atoms with E-state index in [0.717, 1.165) is 28.2 Å². The van der Waals surface area contributed by atoms with Crippen LogP contribution in [0.5, 0.6) is 0 Å². The number of anilines is 1. The number of nitrogens with two attached hydrogens (primary N) is 1. The van der Waals surface area contributed by atoms with Crippen LogP contribution >= 0.6 is 0 Å². The van der Waals surface area contributed by atoms with Crippen LogP contribution in [-0.2, 0) is 4.74 Å². The molecule has 1 amide bonds. The standard InChI is InChI=1S/C17H20N4O2/c1-11-12(2)20-15(13-4-3-5-19-10-13)16(14(11)17(18)22)21-6-8-23-9-7-21/h3-5,10H,6-9H2,1-2H3,(H2,18,22). The number of ether oxygens (including phenoxy) is 1. The third-order valence-corrected chi connectivity index (χ3v) is 4.17. The Morgan fingerprint density at radius 2 is 2.04 bits per heavy atom. The molecule has 2 aromatic rings. The van der Waals surface area contributed by atoms with E-state index in [4.69, 9.17) is 15.5 Å². The molecule has 0 bridgehead atoms. The lowest BCUT2D eigenvalue weighted by Gasteiger charge is -2.32. The molecule has 0 atom stereocenters. The molecule has 6 heteroatoms. The number of amides is 1. The van der Waals surface area contributed by atoms with Crippen molar-refractivity contribution in [1.29, 1.82) is 0 Å². The van der Waals surface area contributed by atoms with Crippen LogP contribution in [0.3, 0.4) is 0 Å². The molecule has 0 aliphatic carbocycles. The van der Waals surface area contributed by atoms with Gasteiger partial charge in [0.2, 0.25) is 0 Å². The lowest BCUT2D eigenvalue weighted by molar-refractivity contribution is 0.0997. The Labute approximate surface area is 135 Å². The van der Waals surface area contributed by atoms with Crippen molar-refractivity contribution >= 4 is 11.6 Å². The van der Waals surface area contributed by atoms with Crippen LogP contribution in [0.2, 0.25) is 0 Å². The minimum absolute atomic E-state index is 0.431. The highest BCUT2D eigenvalue weighted by Gasteiger charge is 2.26. The smallest absolute Gasteiger partial charge is 0.251 e. The second-order valence-electron chi connectivity index (χ2n) is 5.60. The molecule has 0 unspecified atom stereocenters. The van der Waals surface area contributed by atoms with Gasteiger partial charge in [-0.3, -0.25) is 14.8 Å². The van der Waals surface area contributed by atoms with Gasteiger partial charge in [0, 0.05) is 36.7 Å². The van der Waals surface area contributed by atoms with E-state index in [1.165, 1.54) is 0 Å². The van der Waals surface area contributed by atoms with Crippen LogP contribution < -0.4 is 10.6 Å². The van der Waals surface area contributed by atoms with Gasteiger partial charge in [-0.2, -0.15) is 0 Å². The highest BCUT2D eigenvalue weighted by molar-refractivity contribution is 6.03. The van der Waals surface area contributed by atoms with E-state index in [9.17, 15) is 4.79 Å². The van der Waals surface area contributed by atoms with Crippen molar-refractivity contribution in [3.05, 3.63) is 41.3 Å². The Morgan fingerprint density at radius 1 is 1.30 bits per heavy atom. The fourth-order valence-electron chi connectivity index (χ4n) is 2.88. The zero-order valence-corrected chi connectivity index (χ0v) is 13.4. The zero-order valence-electron chi connectivity index (χ0n) is 13.4. The van der Waals surface area contributed by atoms with Crippen molar-refractivity contribution in [2.75, 3.05) is 31.2 Å². The van der Waals surface area contributed by atoms with Crippen molar-refractivity contribution in [2.45, 2.75) is 13.8 Å². The molecule has 1 aliphatic rings. The SMILES string of the molecule is Cc1nc(-c2cccnc2)c(N2CCOCC2)c(C(N)=O)c1C. The summed E-state index contributed by atoms with van der Waals surface area (Å²) < 4.78 is 5.43. The fourth-order valence-corrected chi connectivity index (χ4v) is 2.88. The second kappa shape index (κ2) is 6.34. The van der Waals surface area contributed by atoms with E-state index in [-0.39, 0.29) is 0 Å². The quantitative estimate of drug-likeness (QED) is 0.933. The van der Waals surface area contributed by atoms with Gasteiger partial charge in [0.25, 0.3) is 5.91 Å². The van der Waals surface area contributed by atoms with E-state index < -0.39 is 5.91 Å². The molecule has 1 fully saturated rings. The van der Waals surface area contributed by atoms with E-state index in [1.807, 2.05) is 26.0 Å². The van der Waals surface area contributed by atoms with Crippen molar-refractivity contribution in [1.82, 2.24) is 9.97 Å². The molecule has 0 radical (unpaired) electrons. The molecule has 6 nitrogen and oxygen atoms in total. The predicted octanol–water partition coefficient (Wildman–Crippen LogP) is 1.70. The molecular formula is C17H20N4O2. The van der Waals surface area contributed by atoms with Gasteiger partial charge >= 0.3 is 0 Å². The first-order chi connectivity index (χ1) is 11.1. The minimum Gasteiger partial charge on any atom is -0.378 e. The third kappa shape index (κ3) is 2.90.